The molecule has 2 heterocycles. The number of imidazole rings is 1. The third-order valence-corrected chi connectivity index (χ3v) is 4.57. The molecule has 1 aromatic heterocycles. The van der Waals surface area contributed by atoms with Gasteiger partial charge in [-0.3, -0.25) is 0 Å². The molecule has 0 saturated heterocycles. The molecule has 0 unspecified atom stereocenters. The number of rotatable bonds is 3. The van der Waals surface area contributed by atoms with Gasteiger partial charge in [0.25, 0.3) is 0 Å². The number of aromatic nitrogens is 2. The van der Waals surface area contributed by atoms with Gasteiger partial charge in [0, 0.05) is 29.9 Å². The zero-order chi connectivity index (χ0) is 19.8. The Hall–Kier alpha value is -2.65. The summed E-state index contributed by atoms with van der Waals surface area (Å²) in [4.78, 5) is 15.0. The van der Waals surface area contributed by atoms with Crippen LogP contribution in [0.15, 0.2) is 24.4 Å². The number of hydrogen-bond donors (Lipinski definition) is 2. The van der Waals surface area contributed by atoms with E-state index in [0.717, 1.165) is 18.3 Å². The van der Waals surface area contributed by atoms with Crippen LogP contribution in [0.5, 0.6) is 0 Å². The van der Waals surface area contributed by atoms with Crippen LogP contribution in [-0.2, 0) is 13.0 Å². The first kappa shape index (κ1) is 19.1. The van der Waals surface area contributed by atoms with Crippen LogP contribution >= 0.6 is 0 Å². The minimum Gasteiger partial charge on any atom is -0.465 e. The maximum absolute atomic E-state index is 14.2. The topological polar surface area (TPSA) is 67.2 Å². The molecule has 146 valence electrons. The van der Waals surface area contributed by atoms with Crippen LogP contribution < -0.4 is 5.32 Å². The van der Waals surface area contributed by atoms with Crippen molar-refractivity contribution in [3.63, 3.8) is 0 Å². The van der Waals surface area contributed by atoms with Crippen molar-refractivity contribution in [2.75, 3.05) is 0 Å². The molecule has 2 aromatic rings. The second-order valence-corrected chi connectivity index (χ2v) is 6.42. The molecule has 0 saturated carbocycles. The number of carboxylic acid groups (broad SMARTS) is 1. The van der Waals surface area contributed by atoms with Gasteiger partial charge in [0.1, 0.15) is 17.5 Å². The van der Waals surface area contributed by atoms with Gasteiger partial charge in [-0.1, -0.05) is 6.07 Å². The number of carbonyl (C=O) groups is 1. The summed E-state index contributed by atoms with van der Waals surface area (Å²) < 4.78 is 68.2. The summed E-state index contributed by atoms with van der Waals surface area (Å²) in [5.74, 6) is -2.23. The molecule has 3 rings (SSSR count). The highest BCUT2D eigenvalue weighted by atomic mass is 19.4. The van der Waals surface area contributed by atoms with Crippen LogP contribution in [0.1, 0.15) is 41.9 Å². The molecule has 2 atom stereocenters. The van der Waals surface area contributed by atoms with Crippen LogP contribution in [0, 0.1) is 11.6 Å². The highest BCUT2D eigenvalue weighted by molar-refractivity contribution is 5.65. The van der Waals surface area contributed by atoms with Crippen molar-refractivity contribution in [2.45, 2.75) is 43.9 Å². The molecule has 10 heteroatoms. The molecule has 1 aliphatic heterocycles. The average molecular weight is 389 g/mol. The lowest BCUT2D eigenvalue weighted by molar-refractivity contribution is -0.128. The van der Waals surface area contributed by atoms with Crippen molar-refractivity contribution in [3.05, 3.63) is 53.1 Å². The Morgan fingerprint density at radius 2 is 1.93 bits per heavy atom. The maximum atomic E-state index is 14.2. The lowest BCUT2D eigenvalue weighted by Crippen LogP contribution is -2.28. The Morgan fingerprint density at radius 3 is 2.52 bits per heavy atom. The SMILES string of the molecule is O=C(O)N[C@@H]1CC[C@@H](c2c(F)cccc2F)Cn2c(CC(F)(F)F)cnc21. The van der Waals surface area contributed by atoms with E-state index in [9.17, 15) is 26.7 Å². The van der Waals surface area contributed by atoms with Gasteiger partial charge in [0.15, 0.2) is 0 Å². The number of fused-ring (bicyclic) bond motifs is 1. The Kier molecular flexibility index (Phi) is 5.07. The van der Waals surface area contributed by atoms with Crippen molar-refractivity contribution in [1.29, 1.82) is 0 Å². The molecule has 1 aliphatic rings. The lowest BCUT2D eigenvalue weighted by Gasteiger charge is -2.19. The molecular formula is C17H16F5N3O2. The van der Waals surface area contributed by atoms with Crippen LogP contribution in [0.3, 0.4) is 0 Å². The zero-order valence-electron chi connectivity index (χ0n) is 13.9. The summed E-state index contributed by atoms with van der Waals surface area (Å²) in [7, 11) is 0. The van der Waals surface area contributed by atoms with E-state index in [2.05, 4.69) is 10.3 Å². The second-order valence-electron chi connectivity index (χ2n) is 6.42. The fourth-order valence-corrected chi connectivity index (χ4v) is 3.49. The minimum absolute atomic E-state index is 0.107. The van der Waals surface area contributed by atoms with E-state index in [1.165, 1.54) is 10.6 Å². The minimum atomic E-state index is -4.50. The van der Waals surface area contributed by atoms with Crippen molar-refractivity contribution in [1.82, 2.24) is 14.9 Å². The molecule has 0 spiro atoms. The highest BCUT2D eigenvalue weighted by Crippen LogP contribution is 2.36. The van der Waals surface area contributed by atoms with E-state index < -0.39 is 42.3 Å². The molecule has 0 bridgehead atoms. The monoisotopic (exact) mass is 389 g/mol. The molecule has 1 amide bonds. The Labute approximate surface area is 150 Å². The number of alkyl halides is 3. The first-order chi connectivity index (χ1) is 12.7. The summed E-state index contributed by atoms with van der Waals surface area (Å²) in [6.07, 6.45) is -5.78. The molecule has 2 N–H and O–H groups in total. The Morgan fingerprint density at radius 1 is 1.26 bits per heavy atom. The quantitative estimate of drug-likeness (QED) is 0.775. The number of amides is 1. The maximum Gasteiger partial charge on any atom is 0.405 e. The van der Waals surface area contributed by atoms with E-state index in [4.69, 9.17) is 5.11 Å². The molecule has 27 heavy (non-hydrogen) atoms. The van der Waals surface area contributed by atoms with Crippen LogP contribution in [0.4, 0.5) is 26.7 Å². The number of halogens is 5. The normalized spacial score (nSPS) is 20.0. The molecule has 5 nitrogen and oxygen atoms in total. The summed E-state index contributed by atoms with van der Waals surface area (Å²) in [5, 5.41) is 11.2. The predicted molar refractivity (Wildman–Crippen MR) is 84.2 cm³/mol. The third-order valence-electron chi connectivity index (χ3n) is 4.57. The van der Waals surface area contributed by atoms with Gasteiger partial charge in [0.05, 0.1) is 12.5 Å². The number of nitrogens with one attached hydrogen (secondary N) is 1. The Bertz CT molecular complexity index is 829. The number of nitrogens with zero attached hydrogens (tertiary/aromatic N) is 2. The van der Waals surface area contributed by atoms with E-state index >= 15 is 0 Å². The van der Waals surface area contributed by atoms with E-state index in [-0.39, 0.29) is 36.5 Å². The molecular weight excluding hydrogens is 373 g/mol. The van der Waals surface area contributed by atoms with Crippen molar-refractivity contribution < 1.29 is 31.9 Å². The molecule has 0 fully saturated rings. The van der Waals surface area contributed by atoms with Gasteiger partial charge in [-0.05, 0) is 25.0 Å². The lowest BCUT2D eigenvalue weighted by atomic mass is 9.92. The largest absolute Gasteiger partial charge is 0.465 e. The van der Waals surface area contributed by atoms with Crippen LogP contribution in [0.2, 0.25) is 0 Å². The van der Waals surface area contributed by atoms with Crippen LogP contribution in [-0.4, -0.2) is 26.9 Å². The van der Waals surface area contributed by atoms with Gasteiger partial charge in [-0.15, -0.1) is 0 Å². The van der Waals surface area contributed by atoms with Gasteiger partial charge in [-0.25, -0.2) is 18.6 Å². The smallest absolute Gasteiger partial charge is 0.405 e. The summed E-state index contributed by atoms with van der Waals surface area (Å²) in [6, 6.07) is 2.50. The summed E-state index contributed by atoms with van der Waals surface area (Å²) in [5.41, 5.74) is -0.399. The van der Waals surface area contributed by atoms with E-state index in [1.807, 2.05) is 0 Å². The number of hydrogen-bond acceptors (Lipinski definition) is 2. The first-order valence-electron chi connectivity index (χ1n) is 8.20. The summed E-state index contributed by atoms with van der Waals surface area (Å²) in [6.45, 7) is -0.129. The molecule has 1 aromatic carbocycles. The highest BCUT2D eigenvalue weighted by Gasteiger charge is 2.35. The summed E-state index contributed by atoms with van der Waals surface area (Å²) >= 11 is 0. The molecule has 0 radical (unpaired) electrons. The predicted octanol–water partition coefficient (Wildman–Crippen LogP) is 4.15. The standard InChI is InChI=1S/C17H16F5N3O2/c18-11-2-1-3-12(19)14(11)9-4-5-13(24-16(26)27)15-23-7-10(25(15)8-9)6-17(20,21)22/h1-3,7,9,13,24H,4-6,8H2,(H,26,27)/t9-,13-/m1/s1. The van der Waals surface area contributed by atoms with Crippen LogP contribution in [0.25, 0.3) is 0 Å². The van der Waals surface area contributed by atoms with E-state index in [0.29, 0.717) is 0 Å². The third kappa shape index (κ3) is 4.20. The number of benzene rings is 1. The van der Waals surface area contributed by atoms with Gasteiger partial charge >= 0.3 is 12.3 Å². The van der Waals surface area contributed by atoms with Gasteiger partial charge in [-0.2, -0.15) is 13.2 Å². The average Bonchev–Trinajstić information content (AvgIpc) is 2.81. The fraction of sp³-hybridized carbons (Fsp3) is 0.412. The Balaban J connectivity index is 2.03. The van der Waals surface area contributed by atoms with Gasteiger partial charge < -0.3 is 15.0 Å². The second kappa shape index (κ2) is 7.16. The van der Waals surface area contributed by atoms with Gasteiger partial charge in [0.2, 0.25) is 0 Å². The zero-order valence-corrected chi connectivity index (χ0v) is 13.9. The van der Waals surface area contributed by atoms with E-state index in [1.54, 1.807) is 0 Å². The first-order valence-corrected chi connectivity index (χ1v) is 8.20. The molecule has 0 aliphatic carbocycles. The fourth-order valence-electron chi connectivity index (χ4n) is 3.49. The van der Waals surface area contributed by atoms with Crippen molar-refractivity contribution in [3.8, 4) is 0 Å². The van der Waals surface area contributed by atoms with Crippen molar-refractivity contribution >= 4 is 6.09 Å². The van der Waals surface area contributed by atoms with Crippen molar-refractivity contribution in [2.24, 2.45) is 0 Å².